The Morgan fingerprint density at radius 1 is 1.39 bits per heavy atom. The van der Waals surface area contributed by atoms with Crippen LogP contribution in [0.1, 0.15) is 16.8 Å². The Bertz CT molecular complexity index is 702. The van der Waals surface area contributed by atoms with E-state index < -0.39 is 9.84 Å². The van der Waals surface area contributed by atoms with Crippen LogP contribution < -0.4 is 10.1 Å². The molecule has 1 saturated heterocycles. The van der Waals surface area contributed by atoms with E-state index in [2.05, 4.69) is 5.32 Å². The molecule has 0 aliphatic carbocycles. The standard InChI is InChI=1S/C15H20N2O5S/c1-17(12-6-7-23(20,21)10-12)14(18)9-16-15(19)11-4-3-5-13(8-11)22-2/h3-5,8,12H,6-7,9-10H2,1-2H3,(H,16,19). The Hall–Kier alpha value is -2.09. The highest BCUT2D eigenvalue weighted by Gasteiger charge is 2.32. The first kappa shape index (κ1) is 17.3. The van der Waals surface area contributed by atoms with E-state index in [4.69, 9.17) is 4.74 Å². The number of sulfone groups is 1. The van der Waals surface area contributed by atoms with Gasteiger partial charge in [0.1, 0.15) is 5.75 Å². The van der Waals surface area contributed by atoms with Crippen molar-refractivity contribution in [3.8, 4) is 5.75 Å². The Balaban J connectivity index is 1.89. The zero-order valence-electron chi connectivity index (χ0n) is 13.1. The summed E-state index contributed by atoms with van der Waals surface area (Å²) in [7, 11) is 0.0151. The molecule has 1 aromatic rings. The summed E-state index contributed by atoms with van der Waals surface area (Å²) in [4.78, 5) is 25.5. The van der Waals surface area contributed by atoms with Gasteiger partial charge in [-0.1, -0.05) is 6.07 Å². The van der Waals surface area contributed by atoms with Crippen LogP contribution >= 0.6 is 0 Å². The SMILES string of the molecule is COc1cccc(C(=O)NCC(=O)N(C)C2CCS(=O)(=O)C2)c1. The number of methoxy groups -OCH3 is 1. The molecule has 0 aromatic heterocycles. The molecule has 1 unspecified atom stereocenters. The van der Waals surface area contributed by atoms with Crippen molar-refractivity contribution in [1.29, 1.82) is 0 Å². The number of benzene rings is 1. The fourth-order valence-corrected chi connectivity index (χ4v) is 4.21. The van der Waals surface area contributed by atoms with Crippen LogP contribution in [-0.4, -0.2) is 63.4 Å². The predicted octanol–water partition coefficient (Wildman–Crippen LogP) is 0.0705. The molecule has 0 radical (unpaired) electrons. The maximum absolute atomic E-state index is 12.1. The van der Waals surface area contributed by atoms with Crippen LogP contribution in [0.25, 0.3) is 0 Å². The van der Waals surface area contributed by atoms with Gasteiger partial charge in [0.05, 0.1) is 25.2 Å². The molecule has 1 heterocycles. The van der Waals surface area contributed by atoms with E-state index >= 15 is 0 Å². The molecule has 1 aliphatic heterocycles. The van der Waals surface area contributed by atoms with Crippen molar-refractivity contribution in [2.24, 2.45) is 0 Å². The molecule has 1 N–H and O–H groups in total. The molecule has 2 amide bonds. The molecule has 23 heavy (non-hydrogen) atoms. The fourth-order valence-electron chi connectivity index (χ4n) is 2.43. The highest BCUT2D eigenvalue weighted by Crippen LogP contribution is 2.16. The van der Waals surface area contributed by atoms with Crippen molar-refractivity contribution >= 4 is 21.7 Å². The molecule has 7 nitrogen and oxygen atoms in total. The van der Waals surface area contributed by atoms with Crippen LogP contribution in [0.2, 0.25) is 0 Å². The summed E-state index contributed by atoms with van der Waals surface area (Å²) in [5, 5.41) is 2.54. The number of hydrogen-bond donors (Lipinski definition) is 1. The van der Waals surface area contributed by atoms with Crippen molar-refractivity contribution in [2.45, 2.75) is 12.5 Å². The van der Waals surface area contributed by atoms with E-state index in [-0.39, 0.29) is 35.9 Å². The van der Waals surface area contributed by atoms with E-state index in [1.807, 2.05) is 0 Å². The van der Waals surface area contributed by atoms with Crippen LogP contribution in [0, 0.1) is 0 Å². The normalized spacial score (nSPS) is 19.1. The quantitative estimate of drug-likeness (QED) is 0.819. The molecule has 1 aromatic carbocycles. The third kappa shape index (κ3) is 4.44. The summed E-state index contributed by atoms with van der Waals surface area (Å²) in [6.45, 7) is -0.177. The molecular weight excluding hydrogens is 320 g/mol. The third-order valence-corrected chi connectivity index (χ3v) is 5.63. The maximum Gasteiger partial charge on any atom is 0.251 e. The molecule has 8 heteroatoms. The minimum atomic E-state index is -3.05. The second-order valence-electron chi connectivity index (χ2n) is 5.48. The summed E-state index contributed by atoms with van der Waals surface area (Å²) >= 11 is 0. The number of ether oxygens (including phenoxy) is 1. The number of amides is 2. The average Bonchev–Trinajstić information content (AvgIpc) is 2.91. The molecule has 1 atom stereocenters. The maximum atomic E-state index is 12.1. The van der Waals surface area contributed by atoms with Gasteiger partial charge in [0.15, 0.2) is 9.84 Å². The third-order valence-electron chi connectivity index (χ3n) is 3.88. The van der Waals surface area contributed by atoms with Crippen molar-refractivity contribution in [1.82, 2.24) is 10.2 Å². The average molecular weight is 340 g/mol. The van der Waals surface area contributed by atoms with Gasteiger partial charge >= 0.3 is 0 Å². The zero-order valence-corrected chi connectivity index (χ0v) is 13.9. The molecule has 1 fully saturated rings. The van der Waals surface area contributed by atoms with Gasteiger partial charge in [-0.3, -0.25) is 9.59 Å². The number of nitrogens with one attached hydrogen (secondary N) is 1. The molecular formula is C15H20N2O5S. The molecule has 1 aliphatic rings. The predicted molar refractivity (Wildman–Crippen MR) is 85.2 cm³/mol. The summed E-state index contributed by atoms with van der Waals surface area (Å²) in [6.07, 6.45) is 0.439. The topological polar surface area (TPSA) is 92.8 Å². The Morgan fingerprint density at radius 2 is 2.13 bits per heavy atom. The lowest BCUT2D eigenvalue weighted by molar-refractivity contribution is -0.130. The molecule has 0 bridgehead atoms. The smallest absolute Gasteiger partial charge is 0.251 e. The van der Waals surface area contributed by atoms with E-state index in [9.17, 15) is 18.0 Å². The van der Waals surface area contributed by atoms with Gasteiger partial charge in [-0.05, 0) is 24.6 Å². The molecule has 126 valence electrons. The first-order valence-corrected chi connectivity index (χ1v) is 9.03. The molecule has 0 spiro atoms. The van der Waals surface area contributed by atoms with E-state index in [0.29, 0.717) is 17.7 Å². The highest BCUT2D eigenvalue weighted by molar-refractivity contribution is 7.91. The van der Waals surface area contributed by atoms with Gasteiger partial charge < -0.3 is 15.0 Å². The largest absolute Gasteiger partial charge is 0.497 e. The minimum absolute atomic E-state index is 0.0148. The number of rotatable bonds is 5. The molecule has 2 rings (SSSR count). The highest BCUT2D eigenvalue weighted by atomic mass is 32.2. The van der Waals surface area contributed by atoms with Crippen LogP contribution in [0.3, 0.4) is 0 Å². The number of hydrogen-bond acceptors (Lipinski definition) is 5. The number of nitrogens with zero attached hydrogens (tertiary/aromatic N) is 1. The van der Waals surface area contributed by atoms with Gasteiger partial charge in [0, 0.05) is 18.7 Å². The fraction of sp³-hybridized carbons (Fsp3) is 0.467. The zero-order chi connectivity index (χ0) is 17.0. The number of carbonyl (C=O) groups is 2. The first-order valence-electron chi connectivity index (χ1n) is 7.21. The summed E-state index contributed by atoms with van der Waals surface area (Å²) < 4.78 is 28.0. The van der Waals surface area contributed by atoms with E-state index in [1.54, 1.807) is 31.3 Å². The van der Waals surface area contributed by atoms with Crippen molar-refractivity contribution in [3.63, 3.8) is 0 Å². The van der Waals surface area contributed by atoms with Crippen LogP contribution in [0.4, 0.5) is 0 Å². The second kappa shape index (κ2) is 6.99. The Kier molecular flexibility index (Phi) is 5.25. The van der Waals surface area contributed by atoms with Crippen molar-refractivity contribution in [2.75, 3.05) is 32.2 Å². The van der Waals surface area contributed by atoms with Gasteiger partial charge in [-0.15, -0.1) is 0 Å². The lowest BCUT2D eigenvalue weighted by atomic mass is 10.2. The van der Waals surface area contributed by atoms with Crippen molar-refractivity contribution < 1.29 is 22.7 Å². The van der Waals surface area contributed by atoms with Gasteiger partial charge in [-0.25, -0.2) is 8.42 Å². The Morgan fingerprint density at radius 3 is 2.74 bits per heavy atom. The van der Waals surface area contributed by atoms with Gasteiger partial charge in [0.25, 0.3) is 5.91 Å². The summed E-state index contributed by atoms with van der Waals surface area (Å²) in [5.41, 5.74) is 0.392. The van der Waals surface area contributed by atoms with Gasteiger partial charge in [0.2, 0.25) is 5.91 Å². The van der Waals surface area contributed by atoms with Gasteiger partial charge in [-0.2, -0.15) is 0 Å². The summed E-state index contributed by atoms with van der Waals surface area (Å²) in [6, 6.07) is 6.28. The number of carbonyl (C=O) groups excluding carboxylic acids is 2. The number of likely N-dealkylation sites (N-methyl/N-ethyl adjacent to an activating group) is 1. The minimum Gasteiger partial charge on any atom is -0.497 e. The lowest BCUT2D eigenvalue weighted by Crippen LogP contribution is -2.43. The lowest BCUT2D eigenvalue weighted by Gasteiger charge is -2.23. The van der Waals surface area contributed by atoms with Crippen LogP contribution in [-0.2, 0) is 14.6 Å². The van der Waals surface area contributed by atoms with Crippen LogP contribution in [0.15, 0.2) is 24.3 Å². The van der Waals surface area contributed by atoms with Crippen LogP contribution in [0.5, 0.6) is 5.75 Å². The van der Waals surface area contributed by atoms with E-state index in [1.165, 1.54) is 12.0 Å². The van der Waals surface area contributed by atoms with Crippen molar-refractivity contribution in [3.05, 3.63) is 29.8 Å². The molecule has 0 saturated carbocycles. The summed E-state index contributed by atoms with van der Waals surface area (Å²) in [5.74, 6) is -0.0601. The Labute approximate surface area is 135 Å². The monoisotopic (exact) mass is 340 g/mol. The van der Waals surface area contributed by atoms with E-state index in [0.717, 1.165) is 0 Å². The second-order valence-corrected chi connectivity index (χ2v) is 7.70. The first-order chi connectivity index (χ1) is 10.8.